The molecule has 2 aromatic carbocycles. The van der Waals surface area contributed by atoms with Gasteiger partial charge in [0, 0.05) is 4.47 Å². The fraction of sp³-hybridized carbons (Fsp3) is 0.294. The van der Waals surface area contributed by atoms with Crippen molar-refractivity contribution in [3.63, 3.8) is 0 Å². The second-order valence-corrected chi connectivity index (χ2v) is 6.02. The molecule has 2 nitrogen and oxygen atoms in total. The Labute approximate surface area is 133 Å². The SMILES string of the molecule is COc1ccc(CC(CN)Cc2cccc(Br)c2)cc1F. The number of halogens is 2. The Balaban J connectivity index is 2.07. The summed E-state index contributed by atoms with van der Waals surface area (Å²) in [5, 5.41) is 0. The minimum atomic E-state index is -0.326. The molecule has 2 aromatic rings. The standard InChI is InChI=1S/C17H19BrFNO/c1-21-17-6-5-13(10-16(17)19)8-14(11-20)7-12-3-2-4-15(18)9-12/h2-6,9-10,14H,7-8,11,20H2,1H3. The Morgan fingerprint density at radius 2 is 1.86 bits per heavy atom. The van der Waals surface area contributed by atoms with Crippen LogP contribution >= 0.6 is 15.9 Å². The van der Waals surface area contributed by atoms with Crippen molar-refractivity contribution in [2.75, 3.05) is 13.7 Å². The summed E-state index contributed by atoms with van der Waals surface area (Å²) >= 11 is 3.47. The smallest absolute Gasteiger partial charge is 0.165 e. The Kier molecular flexibility index (Phi) is 5.76. The monoisotopic (exact) mass is 351 g/mol. The van der Waals surface area contributed by atoms with Gasteiger partial charge in [-0.25, -0.2) is 4.39 Å². The summed E-state index contributed by atoms with van der Waals surface area (Å²) in [6, 6.07) is 13.3. The van der Waals surface area contributed by atoms with E-state index in [-0.39, 0.29) is 17.5 Å². The zero-order valence-corrected chi connectivity index (χ0v) is 13.6. The highest BCUT2D eigenvalue weighted by Gasteiger charge is 2.11. The molecule has 0 spiro atoms. The molecule has 0 aliphatic heterocycles. The maximum atomic E-state index is 13.7. The van der Waals surface area contributed by atoms with Gasteiger partial charge in [-0.1, -0.05) is 34.1 Å². The Morgan fingerprint density at radius 3 is 2.43 bits per heavy atom. The van der Waals surface area contributed by atoms with Crippen molar-refractivity contribution in [1.29, 1.82) is 0 Å². The quantitative estimate of drug-likeness (QED) is 0.854. The summed E-state index contributed by atoms with van der Waals surface area (Å²) in [5.41, 5.74) is 8.04. The van der Waals surface area contributed by atoms with E-state index in [0.717, 1.165) is 22.9 Å². The van der Waals surface area contributed by atoms with Crippen LogP contribution < -0.4 is 10.5 Å². The number of rotatable bonds is 6. The predicted molar refractivity (Wildman–Crippen MR) is 87.0 cm³/mol. The summed E-state index contributed by atoms with van der Waals surface area (Å²) in [4.78, 5) is 0. The van der Waals surface area contributed by atoms with Gasteiger partial charge in [-0.3, -0.25) is 0 Å². The lowest BCUT2D eigenvalue weighted by molar-refractivity contribution is 0.385. The number of ether oxygens (including phenoxy) is 1. The number of methoxy groups -OCH3 is 1. The first-order valence-electron chi connectivity index (χ1n) is 6.89. The lowest BCUT2D eigenvalue weighted by Crippen LogP contribution is -2.19. The maximum Gasteiger partial charge on any atom is 0.165 e. The average molecular weight is 352 g/mol. The summed E-state index contributed by atoms with van der Waals surface area (Å²) < 4.78 is 19.7. The van der Waals surface area contributed by atoms with Gasteiger partial charge in [0.15, 0.2) is 11.6 Å². The molecule has 0 aliphatic rings. The normalized spacial score (nSPS) is 12.2. The predicted octanol–water partition coefficient (Wildman–Crippen LogP) is 3.96. The van der Waals surface area contributed by atoms with Gasteiger partial charge in [-0.15, -0.1) is 0 Å². The van der Waals surface area contributed by atoms with Crippen LogP contribution in [0.1, 0.15) is 11.1 Å². The van der Waals surface area contributed by atoms with E-state index in [9.17, 15) is 4.39 Å². The summed E-state index contributed by atoms with van der Waals surface area (Å²) in [5.74, 6) is 0.232. The third-order valence-electron chi connectivity index (χ3n) is 3.49. The van der Waals surface area contributed by atoms with Gasteiger partial charge < -0.3 is 10.5 Å². The fourth-order valence-corrected chi connectivity index (χ4v) is 2.85. The molecule has 2 rings (SSSR count). The molecule has 0 bridgehead atoms. The van der Waals surface area contributed by atoms with E-state index in [4.69, 9.17) is 10.5 Å². The molecule has 4 heteroatoms. The van der Waals surface area contributed by atoms with Crippen molar-refractivity contribution in [3.05, 3.63) is 63.9 Å². The van der Waals surface area contributed by atoms with Gasteiger partial charge in [0.1, 0.15) is 0 Å². The lowest BCUT2D eigenvalue weighted by atomic mass is 9.92. The largest absolute Gasteiger partial charge is 0.494 e. The van der Waals surface area contributed by atoms with E-state index in [1.165, 1.54) is 18.7 Å². The van der Waals surface area contributed by atoms with Crippen LogP contribution in [0.25, 0.3) is 0 Å². The first-order chi connectivity index (χ1) is 10.1. The molecule has 112 valence electrons. The number of nitrogens with two attached hydrogens (primary N) is 1. The van der Waals surface area contributed by atoms with Gasteiger partial charge in [-0.2, -0.15) is 0 Å². The molecular weight excluding hydrogens is 333 g/mol. The molecule has 0 aliphatic carbocycles. The van der Waals surface area contributed by atoms with Gasteiger partial charge in [0.25, 0.3) is 0 Å². The number of benzene rings is 2. The molecule has 2 N–H and O–H groups in total. The zero-order valence-electron chi connectivity index (χ0n) is 12.0. The Hall–Kier alpha value is -1.39. The Bertz CT molecular complexity index is 603. The van der Waals surface area contributed by atoms with E-state index in [1.807, 2.05) is 18.2 Å². The van der Waals surface area contributed by atoms with E-state index in [2.05, 4.69) is 28.1 Å². The average Bonchev–Trinajstić information content (AvgIpc) is 2.47. The molecule has 1 atom stereocenters. The lowest BCUT2D eigenvalue weighted by Gasteiger charge is -2.15. The third kappa shape index (κ3) is 4.55. The van der Waals surface area contributed by atoms with Crippen LogP contribution in [0.2, 0.25) is 0 Å². The fourth-order valence-electron chi connectivity index (χ4n) is 2.41. The van der Waals surface area contributed by atoms with Crippen LogP contribution in [0.3, 0.4) is 0 Å². The molecule has 21 heavy (non-hydrogen) atoms. The molecule has 0 heterocycles. The van der Waals surface area contributed by atoms with Gasteiger partial charge >= 0.3 is 0 Å². The van der Waals surface area contributed by atoms with Crippen molar-refractivity contribution < 1.29 is 9.13 Å². The molecule has 0 fully saturated rings. The molecule has 0 saturated carbocycles. The first-order valence-corrected chi connectivity index (χ1v) is 7.68. The minimum Gasteiger partial charge on any atom is -0.494 e. The summed E-state index contributed by atoms with van der Waals surface area (Å²) in [6.07, 6.45) is 1.63. The second kappa shape index (κ2) is 7.57. The molecule has 0 saturated heterocycles. The second-order valence-electron chi connectivity index (χ2n) is 5.11. The van der Waals surface area contributed by atoms with Crippen LogP contribution in [-0.2, 0) is 12.8 Å². The number of hydrogen-bond acceptors (Lipinski definition) is 2. The van der Waals surface area contributed by atoms with Crippen molar-refractivity contribution in [3.8, 4) is 5.75 Å². The maximum absolute atomic E-state index is 13.7. The zero-order chi connectivity index (χ0) is 15.2. The Morgan fingerprint density at radius 1 is 1.14 bits per heavy atom. The summed E-state index contributed by atoms with van der Waals surface area (Å²) in [7, 11) is 1.47. The molecular formula is C17H19BrFNO. The molecule has 0 radical (unpaired) electrons. The highest BCUT2D eigenvalue weighted by atomic mass is 79.9. The van der Waals surface area contributed by atoms with E-state index in [1.54, 1.807) is 6.07 Å². The van der Waals surface area contributed by atoms with Gasteiger partial charge in [0.2, 0.25) is 0 Å². The third-order valence-corrected chi connectivity index (χ3v) is 3.98. The van der Waals surface area contributed by atoms with Crippen molar-refractivity contribution in [2.45, 2.75) is 12.8 Å². The molecule has 0 aromatic heterocycles. The molecule has 0 amide bonds. The van der Waals surface area contributed by atoms with Crippen LogP contribution in [0.5, 0.6) is 5.75 Å². The van der Waals surface area contributed by atoms with Crippen LogP contribution in [0.15, 0.2) is 46.9 Å². The van der Waals surface area contributed by atoms with E-state index in [0.29, 0.717) is 6.54 Å². The van der Waals surface area contributed by atoms with Crippen LogP contribution in [-0.4, -0.2) is 13.7 Å². The highest BCUT2D eigenvalue weighted by molar-refractivity contribution is 9.10. The topological polar surface area (TPSA) is 35.2 Å². The minimum absolute atomic E-state index is 0.273. The van der Waals surface area contributed by atoms with Crippen LogP contribution in [0.4, 0.5) is 4.39 Å². The van der Waals surface area contributed by atoms with Gasteiger partial charge in [-0.05, 0) is 60.7 Å². The van der Waals surface area contributed by atoms with Crippen LogP contribution in [0, 0.1) is 11.7 Å². The van der Waals surface area contributed by atoms with Crippen molar-refractivity contribution >= 4 is 15.9 Å². The summed E-state index contributed by atoms with van der Waals surface area (Å²) in [6.45, 7) is 0.570. The highest BCUT2D eigenvalue weighted by Crippen LogP contribution is 2.21. The van der Waals surface area contributed by atoms with Crippen molar-refractivity contribution in [1.82, 2.24) is 0 Å². The van der Waals surface area contributed by atoms with Gasteiger partial charge in [0.05, 0.1) is 7.11 Å². The van der Waals surface area contributed by atoms with Crippen molar-refractivity contribution in [2.24, 2.45) is 11.7 Å². The molecule has 1 unspecified atom stereocenters. The van der Waals surface area contributed by atoms with E-state index < -0.39 is 0 Å². The van der Waals surface area contributed by atoms with E-state index >= 15 is 0 Å². The number of hydrogen-bond donors (Lipinski definition) is 1. The first kappa shape index (κ1) is 16.0.